The zero-order valence-corrected chi connectivity index (χ0v) is 21.9. The number of carbonyl (C=O) groups is 1. The Hall–Kier alpha value is -2.57. The van der Waals surface area contributed by atoms with Crippen LogP contribution in [0.3, 0.4) is 0 Å². The summed E-state index contributed by atoms with van der Waals surface area (Å²) in [6, 6.07) is 30.0. The molecule has 0 bridgehead atoms. The number of carbonyl (C=O) groups excluding carboxylic acids is 1. The van der Waals surface area contributed by atoms with E-state index in [0.717, 1.165) is 12.8 Å². The summed E-state index contributed by atoms with van der Waals surface area (Å²) in [5.41, 5.74) is 0.509. The Kier molecular flexibility index (Phi) is 8.02. The van der Waals surface area contributed by atoms with Gasteiger partial charge in [-0.3, -0.25) is 4.79 Å². The van der Waals surface area contributed by atoms with Crippen molar-refractivity contribution in [2.75, 3.05) is 6.61 Å². The van der Waals surface area contributed by atoms with Gasteiger partial charge in [0.15, 0.2) is 5.78 Å². The van der Waals surface area contributed by atoms with E-state index in [4.69, 9.17) is 9.16 Å². The molecule has 3 aromatic carbocycles. The van der Waals surface area contributed by atoms with E-state index in [2.05, 4.69) is 69.3 Å². The third-order valence-corrected chi connectivity index (χ3v) is 12.0. The number of Topliss-reactive ketones (excluding diaryl/α,β-unsaturated/α-hetero) is 1. The van der Waals surface area contributed by atoms with Crippen LogP contribution in [-0.2, 0) is 9.16 Å². The van der Waals surface area contributed by atoms with Gasteiger partial charge in [-0.15, -0.1) is 0 Å². The van der Waals surface area contributed by atoms with Gasteiger partial charge in [-0.1, -0.05) is 112 Å². The van der Waals surface area contributed by atoms with E-state index in [1.807, 2.05) is 30.3 Å². The summed E-state index contributed by atoms with van der Waals surface area (Å²) in [6.07, 6.45) is 0.528. The number of aliphatic hydroxyl groups is 1. The topological polar surface area (TPSA) is 55.8 Å². The summed E-state index contributed by atoms with van der Waals surface area (Å²) in [5.74, 6) is -0.288. The molecular formula is C30H36O4Si. The Labute approximate surface area is 210 Å². The van der Waals surface area contributed by atoms with Gasteiger partial charge >= 0.3 is 0 Å². The smallest absolute Gasteiger partial charge is 0.261 e. The van der Waals surface area contributed by atoms with Crippen LogP contribution in [0.1, 0.15) is 50.4 Å². The zero-order chi connectivity index (χ0) is 24.9. The number of ether oxygens (including phenoxy) is 1. The molecule has 0 radical (unpaired) electrons. The van der Waals surface area contributed by atoms with Gasteiger partial charge in [-0.25, -0.2) is 0 Å². The fourth-order valence-electron chi connectivity index (χ4n) is 5.21. The molecule has 1 heterocycles. The lowest BCUT2D eigenvalue weighted by molar-refractivity contribution is -0.106. The zero-order valence-electron chi connectivity index (χ0n) is 20.9. The first-order valence-corrected chi connectivity index (χ1v) is 14.4. The highest BCUT2D eigenvalue weighted by Gasteiger charge is 2.50. The lowest BCUT2D eigenvalue weighted by atomic mass is 9.95. The number of hydrogen-bond acceptors (Lipinski definition) is 4. The standard InChI is InChI=1S/C30H36O4Si/c1-30(2,3)35(25-17-9-5-10-18-25,26-19-11-6-12-20-26)33-22-24-16-13-21-27(34-24)29(32)28(31)23-14-7-4-8-15-23/h4-12,14-15,17-20,24,27,29,32H,13,16,21-22H2,1-3H3/t24-,27-,29-/m1/s1. The van der Waals surface area contributed by atoms with Crippen molar-refractivity contribution in [1.29, 1.82) is 0 Å². The van der Waals surface area contributed by atoms with E-state index in [9.17, 15) is 9.90 Å². The van der Waals surface area contributed by atoms with Gasteiger partial charge in [-0.2, -0.15) is 0 Å². The molecule has 35 heavy (non-hydrogen) atoms. The summed E-state index contributed by atoms with van der Waals surface area (Å²) in [5, 5.41) is 13.2. The highest BCUT2D eigenvalue weighted by Crippen LogP contribution is 2.37. The molecule has 184 valence electrons. The summed E-state index contributed by atoms with van der Waals surface area (Å²) in [7, 11) is -2.67. The van der Waals surface area contributed by atoms with Crippen LogP contribution >= 0.6 is 0 Å². The van der Waals surface area contributed by atoms with Crippen molar-refractivity contribution in [3.05, 3.63) is 96.6 Å². The number of ketones is 1. The summed E-state index contributed by atoms with van der Waals surface area (Å²) in [6.45, 7) is 7.19. The first kappa shape index (κ1) is 25.5. The van der Waals surface area contributed by atoms with E-state index in [1.54, 1.807) is 12.1 Å². The van der Waals surface area contributed by atoms with E-state index < -0.39 is 20.5 Å². The minimum absolute atomic E-state index is 0.118. The number of benzene rings is 3. The molecule has 0 aromatic heterocycles. The molecule has 1 N–H and O–H groups in total. The monoisotopic (exact) mass is 488 g/mol. The molecule has 0 saturated carbocycles. The fraction of sp³-hybridized carbons (Fsp3) is 0.367. The van der Waals surface area contributed by atoms with Crippen LogP contribution in [-0.4, -0.2) is 44.1 Å². The van der Waals surface area contributed by atoms with Crippen molar-refractivity contribution >= 4 is 24.5 Å². The third-order valence-electron chi connectivity index (χ3n) is 6.96. The Morgan fingerprint density at radius 2 is 1.43 bits per heavy atom. The second-order valence-corrected chi connectivity index (χ2v) is 14.7. The minimum Gasteiger partial charge on any atom is -0.405 e. The summed E-state index contributed by atoms with van der Waals surface area (Å²) < 4.78 is 13.3. The van der Waals surface area contributed by atoms with Crippen LogP contribution in [0.4, 0.5) is 0 Å². The fourth-order valence-corrected chi connectivity index (χ4v) is 9.80. The normalized spacial score (nSPS) is 19.8. The second kappa shape index (κ2) is 11.0. The highest BCUT2D eigenvalue weighted by atomic mass is 28.4. The van der Waals surface area contributed by atoms with Gasteiger partial charge in [0.2, 0.25) is 0 Å². The number of hydrogen-bond donors (Lipinski definition) is 1. The first-order chi connectivity index (χ1) is 16.8. The summed E-state index contributed by atoms with van der Waals surface area (Å²) >= 11 is 0. The van der Waals surface area contributed by atoms with Crippen molar-refractivity contribution in [3.63, 3.8) is 0 Å². The average molecular weight is 489 g/mol. The van der Waals surface area contributed by atoms with E-state index in [1.165, 1.54) is 10.4 Å². The maximum absolute atomic E-state index is 12.8. The van der Waals surface area contributed by atoms with Crippen molar-refractivity contribution < 1.29 is 19.1 Å². The van der Waals surface area contributed by atoms with Crippen LogP contribution < -0.4 is 10.4 Å². The Balaban J connectivity index is 1.56. The quantitative estimate of drug-likeness (QED) is 0.367. The van der Waals surface area contributed by atoms with Crippen LogP contribution in [0.25, 0.3) is 0 Å². The molecule has 5 heteroatoms. The SMILES string of the molecule is CC(C)(C)[Si](OC[C@H]1CCC[C@H]([C@@H](O)C(=O)c2ccccc2)O1)(c1ccccc1)c1ccccc1. The van der Waals surface area contributed by atoms with Gasteiger partial charge in [-0.05, 0) is 34.7 Å². The lowest BCUT2D eigenvalue weighted by Crippen LogP contribution is -2.67. The molecule has 4 rings (SSSR count). The second-order valence-electron chi connectivity index (χ2n) is 10.4. The maximum atomic E-state index is 12.8. The number of aliphatic hydroxyl groups excluding tert-OH is 1. The third kappa shape index (κ3) is 5.49. The van der Waals surface area contributed by atoms with Crippen molar-refractivity contribution in [1.82, 2.24) is 0 Å². The van der Waals surface area contributed by atoms with Gasteiger partial charge in [0.05, 0.1) is 18.8 Å². The largest absolute Gasteiger partial charge is 0.405 e. The van der Waals surface area contributed by atoms with Crippen LogP contribution in [0.5, 0.6) is 0 Å². The molecule has 1 aliphatic heterocycles. The van der Waals surface area contributed by atoms with Gasteiger partial charge in [0, 0.05) is 5.56 Å². The van der Waals surface area contributed by atoms with Crippen LogP contribution in [0.15, 0.2) is 91.0 Å². The van der Waals surface area contributed by atoms with Crippen LogP contribution in [0.2, 0.25) is 5.04 Å². The van der Waals surface area contributed by atoms with Crippen LogP contribution in [0, 0.1) is 0 Å². The molecule has 3 atom stereocenters. The maximum Gasteiger partial charge on any atom is 0.261 e. The Bertz CT molecular complexity index is 1040. The Morgan fingerprint density at radius 1 is 0.914 bits per heavy atom. The lowest BCUT2D eigenvalue weighted by Gasteiger charge is -2.44. The molecule has 1 fully saturated rings. The van der Waals surface area contributed by atoms with E-state index in [-0.39, 0.29) is 16.9 Å². The van der Waals surface area contributed by atoms with Gasteiger partial charge in [0.25, 0.3) is 8.32 Å². The number of rotatable bonds is 8. The molecule has 1 saturated heterocycles. The molecule has 4 nitrogen and oxygen atoms in total. The molecule has 0 spiro atoms. The van der Waals surface area contributed by atoms with E-state index >= 15 is 0 Å². The van der Waals surface area contributed by atoms with Crippen molar-refractivity contribution in [2.45, 2.75) is 63.4 Å². The predicted molar refractivity (Wildman–Crippen MR) is 143 cm³/mol. The molecule has 3 aromatic rings. The first-order valence-electron chi connectivity index (χ1n) is 12.5. The molecule has 0 unspecified atom stereocenters. The van der Waals surface area contributed by atoms with Gasteiger partial charge < -0.3 is 14.3 Å². The predicted octanol–water partition coefficient (Wildman–Crippen LogP) is 4.74. The van der Waals surface area contributed by atoms with Gasteiger partial charge in [0.1, 0.15) is 6.10 Å². The average Bonchev–Trinajstić information content (AvgIpc) is 2.89. The molecule has 1 aliphatic rings. The van der Waals surface area contributed by atoms with Crippen molar-refractivity contribution in [2.24, 2.45) is 0 Å². The molecule has 0 amide bonds. The minimum atomic E-state index is -2.67. The Morgan fingerprint density at radius 3 is 1.94 bits per heavy atom. The summed E-state index contributed by atoms with van der Waals surface area (Å²) in [4.78, 5) is 12.8. The molecular weight excluding hydrogens is 452 g/mol. The van der Waals surface area contributed by atoms with E-state index in [0.29, 0.717) is 18.6 Å². The highest BCUT2D eigenvalue weighted by molar-refractivity contribution is 6.99. The van der Waals surface area contributed by atoms with Crippen molar-refractivity contribution in [3.8, 4) is 0 Å². The molecule has 0 aliphatic carbocycles.